The van der Waals surface area contributed by atoms with Crippen molar-refractivity contribution in [1.29, 1.82) is 0 Å². The summed E-state index contributed by atoms with van der Waals surface area (Å²) in [6, 6.07) is 8.07. The molecule has 144 valence electrons. The van der Waals surface area contributed by atoms with Crippen LogP contribution in [0.5, 0.6) is 11.5 Å². The average Bonchev–Trinajstić information content (AvgIpc) is 2.69. The highest BCUT2D eigenvalue weighted by Gasteiger charge is 2.08. The number of hydrogen-bond acceptors (Lipinski definition) is 6. The van der Waals surface area contributed by atoms with E-state index < -0.39 is 5.91 Å². The maximum absolute atomic E-state index is 11.9. The Bertz CT molecular complexity index is 829. The topological polar surface area (TPSA) is 122 Å². The van der Waals surface area contributed by atoms with Crippen molar-refractivity contribution in [2.75, 3.05) is 27.3 Å². The molecule has 9 nitrogen and oxygen atoms in total. The Balaban J connectivity index is 1.69. The molecule has 0 saturated heterocycles. The van der Waals surface area contributed by atoms with Crippen molar-refractivity contribution < 1.29 is 19.1 Å². The van der Waals surface area contributed by atoms with Gasteiger partial charge in [-0.3, -0.25) is 14.4 Å². The maximum Gasteiger partial charge on any atom is 0.271 e. The molecule has 0 aliphatic carbocycles. The minimum Gasteiger partial charge on any atom is -0.493 e. The van der Waals surface area contributed by atoms with Crippen molar-refractivity contribution in [2.24, 2.45) is 0 Å². The molecule has 0 saturated carbocycles. The van der Waals surface area contributed by atoms with Crippen LogP contribution in [0.15, 0.2) is 35.1 Å². The molecule has 0 spiro atoms. The van der Waals surface area contributed by atoms with Gasteiger partial charge in [0.05, 0.1) is 14.2 Å². The Kier molecular flexibility index (Phi) is 7.36. The highest BCUT2D eigenvalue weighted by molar-refractivity contribution is 5.92. The van der Waals surface area contributed by atoms with Crippen LogP contribution in [0, 0.1) is 0 Å². The zero-order chi connectivity index (χ0) is 19.6. The predicted octanol–water partition coefficient (Wildman–Crippen LogP) is 0.266. The summed E-state index contributed by atoms with van der Waals surface area (Å²) in [5.74, 6) is 0.708. The molecule has 2 amide bonds. The molecule has 9 heteroatoms. The molecule has 3 N–H and O–H groups in total. The zero-order valence-electron chi connectivity index (χ0n) is 15.2. The fourth-order valence-corrected chi connectivity index (χ4v) is 2.32. The molecular weight excluding hydrogens is 352 g/mol. The molecule has 0 aliphatic rings. The lowest BCUT2D eigenvalue weighted by Crippen LogP contribution is -2.35. The molecule has 0 unspecified atom stereocenters. The number of nitrogens with one attached hydrogen (secondary N) is 3. The van der Waals surface area contributed by atoms with Crippen LogP contribution in [0.1, 0.15) is 22.5 Å². The quantitative estimate of drug-likeness (QED) is 0.542. The van der Waals surface area contributed by atoms with Gasteiger partial charge in [-0.1, -0.05) is 6.07 Å². The van der Waals surface area contributed by atoms with E-state index in [-0.39, 0.29) is 23.7 Å². The van der Waals surface area contributed by atoms with Crippen LogP contribution < -0.4 is 25.7 Å². The summed E-state index contributed by atoms with van der Waals surface area (Å²) in [5.41, 5.74) is 0.683. The van der Waals surface area contributed by atoms with E-state index in [0.717, 1.165) is 5.56 Å². The van der Waals surface area contributed by atoms with Crippen LogP contribution in [-0.4, -0.2) is 49.3 Å². The first kappa shape index (κ1) is 20.0. The maximum atomic E-state index is 11.9. The molecule has 1 aromatic heterocycles. The van der Waals surface area contributed by atoms with E-state index in [0.29, 0.717) is 30.9 Å². The molecule has 0 aliphatic heterocycles. The minimum absolute atomic E-state index is 0.106. The van der Waals surface area contributed by atoms with Crippen LogP contribution in [-0.2, 0) is 11.2 Å². The summed E-state index contributed by atoms with van der Waals surface area (Å²) in [5, 5.41) is 11.1. The van der Waals surface area contributed by atoms with Gasteiger partial charge in [-0.05, 0) is 30.2 Å². The summed E-state index contributed by atoms with van der Waals surface area (Å²) in [6.45, 7) is 0.543. The van der Waals surface area contributed by atoms with E-state index >= 15 is 0 Å². The minimum atomic E-state index is -0.425. The van der Waals surface area contributed by atoms with Crippen molar-refractivity contribution in [3.8, 4) is 11.5 Å². The molecule has 2 aromatic rings. The number of rotatable bonds is 9. The molecule has 27 heavy (non-hydrogen) atoms. The highest BCUT2D eigenvalue weighted by Crippen LogP contribution is 2.27. The Morgan fingerprint density at radius 3 is 2.44 bits per heavy atom. The number of H-pyrrole nitrogens is 1. The van der Waals surface area contributed by atoms with Gasteiger partial charge >= 0.3 is 0 Å². The Labute approximate surface area is 156 Å². The van der Waals surface area contributed by atoms with E-state index in [9.17, 15) is 14.4 Å². The normalized spacial score (nSPS) is 10.1. The first-order valence-electron chi connectivity index (χ1n) is 8.35. The van der Waals surface area contributed by atoms with Crippen molar-refractivity contribution in [3.05, 3.63) is 51.9 Å². The lowest BCUT2D eigenvalue weighted by Gasteiger charge is -2.10. The fourth-order valence-electron chi connectivity index (χ4n) is 2.32. The van der Waals surface area contributed by atoms with Gasteiger partial charge < -0.3 is 20.1 Å². The lowest BCUT2D eigenvalue weighted by molar-refractivity contribution is -0.121. The summed E-state index contributed by atoms with van der Waals surface area (Å²) in [7, 11) is 3.13. The number of methoxy groups -OCH3 is 2. The second kappa shape index (κ2) is 9.95. The largest absolute Gasteiger partial charge is 0.493 e. The third-order valence-electron chi connectivity index (χ3n) is 3.73. The van der Waals surface area contributed by atoms with Gasteiger partial charge in [0, 0.05) is 25.6 Å². The molecule has 0 atom stereocenters. The number of carbonyl (C=O) groups is 2. The van der Waals surface area contributed by atoms with E-state index in [1.165, 1.54) is 12.1 Å². The van der Waals surface area contributed by atoms with Gasteiger partial charge in [-0.25, -0.2) is 5.10 Å². The molecular formula is C18H22N4O5. The van der Waals surface area contributed by atoms with E-state index in [2.05, 4.69) is 20.8 Å². The molecule has 1 aromatic carbocycles. The highest BCUT2D eigenvalue weighted by atomic mass is 16.5. The number of benzene rings is 1. The smallest absolute Gasteiger partial charge is 0.271 e. The first-order valence-corrected chi connectivity index (χ1v) is 8.35. The van der Waals surface area contributed by atoms with Crippen LogP contribution in [0.2, 0.25) is 0 Å². The number of amides is 2. The number of aromatic nitrogens is 2. The van der Waals surface area contributed by atoms with Crippen LogP contribution in [0.3, 0.4) is 0 Å². The first-order chi connectivity index (χ1) is 13.0. The van der Waals surface area contributed by atoms with Crippen molar-refractivity contribution in [2.45, 2.75) is 12.8 Å². The summed E-state index contributed by atoms with van der Waals surface area (Å²) >= 11 is 0. The number of carbonyl (C=O) groups excluding carboxylic acids is 2. The van der Waals surface area contributed by atoms with E-state index in [1.54, 1.807) is 20.3 Å². The van der Waals surface area contributed by atoms with Crippen molar-refractivity contribution in [3.63, 3.8) is 0 Å². The molecule has 2 rings (SSSR count). The van der Waals surface area contributed by atoms with Crippen LogP contribution in [0.25, 0.3) is 0 Å². The SMILES string of the molecule is COc1ccc(CCC(=O)NCCNC(=O)c2ccc(=O)[nH]n2)cc1OC. The van der Waals surface area contributed by atoms with Crippen molar-refractivity contribution >= 4 is 11.8 Å². The molecule has 0 bridgehead atoms. The summed E-state index contributed by atoms with van der Waals surface area (Å²) in [4.78, 5) is 34.6. The lowest BCUT2D eigenvalue weighted by atomic mass is 10.1. The van der Waals surface area contributed by atoms with E-state index in [4.69, 9.17) is 9.47 Å². The number of aromatic amines is 1. The monoisotopic (exact) mass is 374 g/mol. The van der Waals surface area contributed by atoms with Crippen molar-refractivity contribution in [1.82, 2.24) is 20.8 Å². The number of hydrogen-bond donors (Lipinski definition) is 3. The number of ether oxygens (including phenoxy) is 2. The van der Waals surface area contributed by atoms with Gasteiger partial charge in [0.25, 0.3) is 11.5 Å². The number of aryl methyl sites for hydroxylation is 1. The molecule has 0 radical (unpaired) electrons. The second-order valence-corrected chi connectivity index (χ2v) is 5.60. The van der Waals surface area contributed by atoms with Gasteiger partial charge in [0.15, 0.2) is 11.5 Å². The Hall–Kier alpha value is -3.36. The molecule has 1 heterocycles. The van der Waals surface area contributed by atoms with Gasteiger partial charge in [-0.15, -0.1) is 0 Å². The third kappa shape index (κ3) is 6.14. The Morgan fingerprint density at radius 1 is 1.04 bits per heavy atom. The van der Waals surface area contributed by atoms with Gasteiger partial charge in [-0.2, -0.15) is 5.10 Å². The number of nitrogens with zero attached hydrogens (tertiary/aromatic N) is 1. The summed E-state index contributed by atoms with van der Waals surface area (Å²) in [6.07, 6.45) is 0.866. The van der Waals surface area contributed by atoms with Crippen LogP contribution >= 0.6 is 0 Å². The van der Waals surface area contributed by atoms with Crippen LogP contribution in [0.4, 0.5) is 0 Å². The van der Waals surface area contributed by atoms with Gasteiger partial charge in [0.2, 0.25) is 5.91 Å². The van der Waals surface area contributed by atoms with E-state index in [1.807, 2.05) is 12.1 Å². The fraction of sp³-hybridized carbons (Fsp3) is 0.333. The predicted molar refractivity (Wildman–Crippen MR) is 98.1 cm³/mol. The standard InChI is InChI=1S/C18H22N4O5/c1-26-14-6-3-12(11-15(14)27-2)4-7-16(23)19-9-10-20-18(25)13-5-8-17(24)22-21-13/h3,5-6,8,11H,4,7,9-10H2,1-2H3,(H,19,23)(H,20,25)(H,22,24). The second-order valence-electron chi connectivity index (χ2n) is 5.60. The zero-order valence-corrected chi connectivity index (χ0v) is 15.2. The average molecular weight is 374 g/mol. The third-order valence-corrected chi connectivity index (χ3v) is 3.73. The molecule has 0 fully saturated rings. The van der Waals surface area contributed by atoms with Gasteiger partial charge in [0.1, 0.15) is 5.69 Å². The Morgan fingerprint density at radius 2 is 1.78 bits per heavy atom. The summed E-state index contributed by atoms with van der Waals surface area (Å²) < 4.78 is 10.4.